The van der Waals surface area contributed by atoms with Gasteiger partial charge in [-0.15, -0.1) is 0 Å². The second kappa shape index (κ2) is 5.27. The first-order valence-electron chi connectivity index (χ1n) is 8.07. The Labute approximate surface area is 136 Å². The van der Waals surface area contributed by atoms with E-state index in [1.165, 1.54) is 27.6 Å². The lowest BCUT2D eigenvalue weighted by atomic mass is 10.0. The van der Waals surface area contributed by atoms with Crippen molar-refractivity contribution in [2.75, 3.05) is 13.6 Å². The summed E-state index contributed by atoms with van der Waals surface area (Å²) in [5.41, 5.74) is 5.72. The number of carbonyl (C=O) groups is 1. The van der Waals surface area contributed by atoms with E-state index in [9.17, 15) is 4.79 Å². The van der Waals surface area contributed by atoms with Crippen molar-refractivity contribution in [2.24, 2.45) is 0 Å². The van der Waals surface area contributed by atoms with E-state index < -0.39 is 0 Å². The molecule has 3 nitrogen and oxygen atoms in total. The van der Waals surface area contributed by atoms with Crippen molar-refractivity contribution in [3.05, 3.63) is 70.9 Å². The fraction of sp³-hybridized carbons (Fsp3) is 0.250. The summed E-state index contributed by atoms with van der Waals surface area (Å²) >= 11 is 0. The molecule has 3 heteroatoms. The number of para-hydroxylation sites is 1. The Kier molecular flexibility index (Phi) is 3.22. The van der Waals surface area contributed by atoms with E-state index >= 15 is 0 Å². The van der Waals surface area contributed by atoms with Gasteiger partial charge in [0.05, 0.1) is 5.52 Å². The first-order valence-corrected chi connectivity index (χ1v) is 8.07. The van der Waals surface area contributed by atoms with E-state index in [0.717, 1.165) is 25.2 Å². The van der Waals surface area contributed by atoms with E-state index in [0.29, 0.717) is 0 Å². The lowest BCUT2D eigenvalue weighted by Gasteiger charge is -2.24. The number of likely N-dealkylation sites (N-methyl/N-ethyl adjacent to an activating group) is 1. The number of nitrogens with zero attached hydrogens (tertiary/aromatic N) is 2. The molecule has 0 unspecified atom stereocenters. The van der Waals surface area contributed by atoms with Crippen molar-refractivity contribution in [3.8, 4) is 0 Å². The van der Waals surface area contributed by atoms with Crippen molar-refractivity contribution in [2.45, 2.75) is 19.9 Å². The Morgan fingerprint density at radius 1 is 1.04 bits per heavy atom. The van der Waals surface area contributed by atoms with Crippen LogP contribution in [0.4, 0.5) is 0 Å². The zero-order valence-corrected chi connectivity index (χ0v) is 13.5. The molecule has 116 valence electrons. The molecule has 2 heterocycles. The smallest absolute Gasteiger partial charge is 0.270 e. The average molecular weight is 304 g/mol. The minimum Gasteiger partial charge on any atom is -0.340 e. The summed E-state index contributed by atoms with van der Waals surface area (Å²) in [4.78, 5) is 14.6. The van der Waals surface area contributed by atoms with Gasteiger partial charge in [-0.05, 0) is 30.0 Å². The van der Waals surface area contributed by atoms with Crippen LogP contribution < -0.4 is 0 Å². The minimum absolute atomic E-state index is 0.137. The number of amides is 1. The largest absolute Gasteiger partial charge is 0.340 e. The molecular formula is C20H20N2O. The summed E-state index contributed by atoms with van der Waals surface area (Å²) in [5.74, 6) is 0.137. The number of aromatic nitrogens is 1. The Hall–Kier alpha value is -2.55. The Bertz CT molecular complexity index is 893. The van der Waals surface area contributed by atoms with Gasteiger partial charge in [0.25, 0.3) is 5.91 Å². The first kappa shape index (κ1) is 14.1. The van der Waals surface area contributed by atoms with Crippen LogP contribution in [0.1, 0.15) is 27.2 Å². The molecule has 3 aromatic rings. The van der Waals surface area contributed by atoms with Gasteiger partial charge < -0.3 is 9.47 Å². The van der Waals surface area contributed by atoms with Crippen LogP contribution >= 0.6 is 0 Å². The van der Waals surface area contributed by atoms with E-state index in [1.54, 1.807) is 0 Å². The van der Waals surface area contributed by atoms with Crippen LogP contribution in [-0.2, 0) is 13.0 Å². The van der Waals surface area contributed by atoms with Crippen LogP contribution in [0.5, 0.6) is 0 Å². The number of benzene rings is 2. The SMILES string of the molecule is Cc1cccc2c3c(n(Cc4ccccc4)c12)C(=O)N(C)CC3. The average Bonchev–Trinajstić information content (AvgIpc) is 2.88. The molecule has 0 radical (unpaired) electrons. The molecule has 0 saturated carbocycles. The molecule has 1 aliphatic heterocycles. The molecule has 0 N–H and O–H groups in total. The molecule has 23 heavy (non-hydrogen) atoms. The van der Waals surface area contributed by atoms with Gasteiger partial charge in [-0.3, -0.25) is 4.79 Å². The maximum absolute atomic E-state index is 12.8. The summed E-state index contributed by atoms with van der Waals surface area (Å²) in [7, 11) is 1.89. The maximum Gasteiger partial charge on any atom is 0.270 e. The summed E-state index contributed by atoms with van der Waals surface area (Å²) in [6, 6.07) is 16.7. The van der Waals surface area contributed by atoms with Crippen molar-refractivity contribution < 1.29 is 4.79 Å². The van der Waals surface area contributed by atoms with Crippen molar-refractivity contribution >= 4 is 16.8 Å². The summed E-state index contributed by atoms with van der Waals surface area (Å²) in [6.07, 6.45) is 0.930. The number of rotatable bonds is 2. The van der Waals surface area contributed by atoms with Gasteiger partial charge in [-0.1, -0.05) is 48.5 Å². The third-order valence-electron chi connectivity index (χ3n) is 4.82. The Balaban J connectivity index is 1.99. The molecule has 1 aromatic heterocycles. The highest BCUT2D eigenvalue weighted by molar-refractivity contribution is 6.03. The second-order valence-corrected chi connectivity index (χ2v) is 6.35. The maximum atomic E-state index is 12.8. The molecule has 0 spiro atoms. The van der Waals surface area contributed by atoms with E-state index in [1.807, 2.05) is 30.1 Å². The van der Waals surface area contributed by atoms with Crippen LogP contribution in [0, 0.1) is 6.92 Å². The molecule has 4 rings (SSSR count). The van der Waals surface area contributed by atoms with Crippen LogP contribution in [0.3, 0.4) is 0 Å². The van der Waals surface area contributed by atoms with Gasteiger partial charge in [0.1, 0.15) is 5.69 Å². The number of hydrogen-bond acceptors (Lipinski definition) is 1. The Morgan fingerprint density at radius 2 is 1.83 bits per heavy atom. The molecule has 0 fully saturated rings. The first-order chi connectivity index (χ1) is 11.2. The normalized spacial score (nSPS) is 14.3. The lowest BCUT2D eigenvalue weighted by molar-refractivity contribution is 0.0770. The van der Waals surface area contributed by atoms with Crippen LogP contribution in [0.15, 0.2) is 48.5 Å². The zero-order chi connectivity index (χ0) is 16.0. The highest BCUT2D eigenvalue weighted by atomic mass is 16.2. The molecule has 0 bridgehead atoms. The highest BCUT2D eigenvalue weighted by Crippen LogP contribution is 2.32. The number of hydrogen-bond donors (Lipinski definition) is 0. The molecule has 0 aliphatic carbocycles. The van der Waals surface area contributed by atoms with Crippen molar-refractivity contribution in [1.82, 2.24) is 9.47 Å². The lowest BCUT2D eigenvalue weighted by Crippen LogP contribution is -2.35. The van der Waals surface area contributed by atoms with E-state index in [-0.39, 0.29) is 5.91 Å². The van der Waals surface area contributed by atoms with Gasteiger partial charge in [-0.2, -0.15) is 0 Å². The molecule has 2 aromatic carbocycles. The standard InChI is InChI=1S/C20H20N2O/c1-14-7-6-10-16-17-11-12-21(2)20(23)19(17)22(18(14)16)13-15-8-4-3-5-9-15/h3-10H,11-13H2,1-2H3. The number of aryl methyl sites for hydroxylation is 1. The van der Waals surface area contributed by atoms with Gasteiger partial charge in [-0.25, -0.2) is 0 Å². The Morgan fingerprint density at radius 3 is 2.61 bits per heavy atom. The predicted molar refractivity (Wildman–Crippen MR) is 92.9 cm³/mol. The van der Waals surface area contributed by atoms with E-state index in [2.05, 4.69) is 41.8 Å². The molecule has 0 saturated heterocycles. The molecule has 0 atom stereocenters. The fourth-order valence-electron chi connectivity index (χ4n) is 3.65. The van der Waals surface area contributed by atoms with Crippen molar-refractivity contribution in [1.29, 1.82) is 0 Å². The number of fused-ring (bicyclic) bond motifs is 3. The monoisotopic (exact) mass is 304 g/mol. The second-order valence-electron chi connectivity index (χ2n) is 6.35. The summed E-state index contributed by atoms with van der Waals surface area (Å²) in [6.45, 7) is 3.66. The third-order valence-corrected chi connectivity index (χ3v) is 4.82. The molecule has 1 aliphatic rings. The van der Waals surface area contributed by atoms with E-state index in [4.69, 9.17) is 0 Å². The quantitative estimate of drug-likeness (QED) is 0.710. The highest BCUT2D eigenvalue weighted by Gasteiger charge is 2.29. The van der Waals surface area contributed by atoms with Gasteiger partial charge in [0.15, 0.2) is 0 Å². The third kappa shape index (κ3) is 2.15. The van der Waals surface area contributed by atoms with Crippen LogP contribution in [0.2, 0.25) is 0 Å². The molecular weight excluding hydrogens is 284 g/mol. The number of carbonyl (C=O) groups excluding carboxylic acids is 1. The van der Waals surface area contributed by atoms with Gasteiger partial charge in [0.2, 0.25) is 0 Å². The molecule has 1 amide bonds. The zero-order valence-electron chi connectivity index (χ0n) is 13.5. The van der Waals surface area contributed by atoms with Gasteiger partial charge in [0, 0.05) is 25.5 Å². The van der Waals surface area contributed by atoms with Gasteiger partial charge >= 0.3 is 0 Å². The topological polar surface area (TPSA) is 25.2 Å². The summed E-state index contributed by atoms with van der Waals surface area (Å²) < 4.78 is 2.22. The predicted octanol–water partition coefficient (Wildman–Crippen LogP) is 3.63. The fourth-order valence-corrected chi connectivity index (χ4v) is 3.65. The minimum atomic E-state index is 0.137. The van der Waals surface area contributed by atoms with Crippen LogP contribution in [-0.4, -0.2) is 29.0 Å². The summed E-state index contributed by atoms with van der Waals surface area (Å²) in [5, 5.41) is 1.23. The van der Waals surface area contributed by atoms with Crippen molar-refractivity contribution in [3.63, 3.8) is 0 Å². The van der Waals surface area contributed by atoms with Crippen LogP contribution in [0.25, 0.3) is 10.9 Å².